The van der Waals surface area contributed by atoms with Gasteiger partial charge in [-0.3, -0.25) is 24.1 Å². The van der Waals surface area contributed by atoms with Gasteiger partial charge in [0.2, 0.25) is 17.0 Å². The van der Waals surface area contributed by atoms with Gasteiger partial charge in [-0.1, -0.05) is 23.9 Å². The Hall–Kier alpha value is -3.92. The summed E-state index contributed by atoms with van der Waals surface area (Å²) in [6.07, 6.45) is -0.446. The Kier molecular flexibility index (Phi) is 8.31. The van der Waals surface area contributed by atoms with E-state index in [1.165, 1.54) is 33.1 Å². The van der Waals surface area contributed by atoms with Crippen LogP contribution in [-0.4, -0.2) is 87.9 Å². The van der Waals surface area contributed by atoms with Crippen molar-refractivity contribution in [1.29, 1.82) is 0 Å². The largest absolute Gasteiger partial charge is 0.481 e. The number of carboxylic acid groups (broad SMARTS) is 2. The van der Waals surface area contributed by atoms with Gasteiger partial charge < -0.3 is 20.8 Å². The number of β-lactam (4-membered cyclic amide) rings is 1. The number of hydrogen-bond acceptors (Lipinski definition) is 10. The quantitative estimate of drug-likeness (QED) is 0.213. The third kappa shape index (κ3) is 6.13. The summed E-state index contributed by atoms with van der Waals surface area (Å²) in [6.45, 7) is 0. The number of nitrogens with zero attached hydrogens (tertiary/aromatic N) is 5. The van der Waals surface area contributed by atoms with Crippen LogP contribution in [-0.2, 0) is 37.4 Å². The van der Waals surface area contributed by atoms with Crippen molar-refractivity contribution in [3.8, 4) is 0 Å². The lowest BCUT2D eigenvalue weighted by Crippen LogP contribution is -2.70. The van der Waals surface area contributed by atoms with Crippen LogP contribution >= 0.6 is 23.5 Å². The van der Waals surface area contributed by atoms with Crippen molar-refractivity contribution in [3.63, 3.8) is 0 Å². The van der Waals surface area contributed by atoms with E-state index in [0.29, 0.717) is 33.5 Å². The van der Waals surface area contributed by atoms with Crippen molar-refractivity contribution in [2.75, 3.05) is 16.8 Å². The fourth-order valence-electron chi connectivity index (χ4n) is 3.85. The molecule has 3 heterocycles. The molecule has 2 aromatic rings. The summed E-state index contributed by atoms with van der Waals surface area (Å²) >= 11 is 2.65. The van der Waals surface area contributed by atoms with Crippen LogP contribution in [0.2, 0.25) is 0 Å². The Bertz CT molecular complexity index is 1310. The molecule has 1 fully saturated rings. The van der Waals surface area contributed by atoms with Crippen LogP contribution in [0.1, 0.15) is 18.4 Å². The number of carbonyl (C=O) groups excluding carboxylic acids is 3. The van der Waals surface area contributed by atoms with Crippen molar-refractivity contribution >= 4 is 58.9 Å². The molecule has 16 heteroatoms. The maximum absolute atomic E-state index is 12.9. The van der Waals surface area contributed by atoms with Gasteiger partial charge in [-0.2, -0.15) is 0 Å². The fourth-order valence-corrected chi connectivity index (χ4v) is 6.18. The average Bonchev–Trinajstić information content (AvgIpc) is 3.29. The average molecular weight is 562 g/mol. The van der Waals surface area contributed by atoms with Crippen LogP contribution in [0, 0.1) is 0 Å². The van der Waals surface area contributed by atoms with Crippen LogP contribution in [0.15, 0.2) is 40.7 Å². The molecular weight excluding hydrogens is 538 g/mol. The van der Waals surface area contributed by atoms with Crippen molar-refractivity contribution in [2.24, 2.45) is 7.05 Å². The SMILES string of the molecule is Cn1nnnc1SCC1=C(C(=O)O)N2C(=O)[C@@H](NC(=O)Cc3ccc(NC(=O)CCC(=O)O)cc3)[C@H]2SC1. The summed E-state index contributed by atoms with van der Waals surface area (Å²) in [6, 6.07) is 5.62. The van der Waals surface area contributed by atoms with E-state index in [1.54, 1.807) is 31.3 Å². The third-order valence-corrected chi connectivity index (χ3v) is 8.13. The molecule has 2 atom stereocenters. The van der Waals surface area contributed by atoms with E-state index in [9.17, 15) is 29.1 Å². The molecule has 4 rings (SSSR count). The highest BCUT2D eigenvalue weighted by Crippen LogP contribution is 2.41. The van der Waals surface area contributed by atoms with Gasteiger partial charge in [0.15, 0.2) is 0 Å². The molecule has 3 amide bonds. The molecule has 14 nitrogen and oxygen atoms in total. The minimum absolute atomic E-state index is 0.0241. The molecule has 0 unspecified atom stereocenters. The number of benzene rings is 1. The molecule has 1 aromatic heterocycles. The second-order valence-corrected chi connectivity index (χ2v) is 10.4. The molecule has 0 spiro atoms. The van der Waals surface area contributed by atoms with Gasteiger partial charge in [0.05, 0.1) is 12.8 Å². The number of fused-ring (bicyclic) bond motifs is 1. The minimum Gasteiger partial charge on any atom is -0.481 e. The standard InChI is InChI=1S/C22H23N7O7S2/c1-28-22(25-26-27-28)38-10-12-9-37-20-17(19(34)29(20)18(12)21(35)36)24-15(31)8-11-2-4-13(5-3-11)23-14(30)6-7-16(32)33/h2-5,17,20H,6-10H2,1H3,(H,23,30)(H,24,31)(H,32,33)(H,35,36)/t17-,20-/m1/s1. The van der Waals surface area contributed by atoms with E-state index < -0.39 is 41.1 Å². The molecule has 1 saturated heterocycles. The number of anilines is 1. The summed E-state index contributed by atoms with van der Waals surface area (Å²) in [4.78, 5) is 61.0. The Labute approximate surface area is 224 Å². The van der Waals surface area contributed by atoms with E-state index in [4.69, 9.17) is 5.11 Å². The van der Waals surface area contributed by atoms with Gasteiger partial charge in [-0.15, -0.1) is 16.9 Å². The Balaban J connectivity index is 1.32. The highest BCUT2D eigenvalue weighted by molar-refractivity contribution is 8.01. The van der Waals surface area contributed by atoms with Crippen LogP contribution in [0.4, 0.5) is 5.69 Å². The molecule has 0 saturated carbocycles. The predicted molar refractivity (Wildman–Crippen MR) is 135 cm³/mol. The molecule has 2 aliphatic heterocycles. The molecule has 2 aliphatic rings. The number of thioether (sulfide) groups is 2. The van der Waals surface area contributed by atoms with E-state index in [1.807, 2.05) is 0 Å². The Morgan fingerprint density at radius 3 is 2.50 bits per heavy atom. The highest BCUT2D eigenvalue weighted by atomic mass is 32.2. The predicted octanol–water partition coefficient (Wildman–Crippen LogP) is 0.0868. The van der Waals surface area contributed by atoms with Gasteiger partial charge in [0.1, 0.15) is 17.1 Å². The van der Waals surface area contributed by atoms with Gasteiger partial charge in [0.25, 0.3) is 5.91 Å². The number of aryl methyl sites for hydroxylation is 1. The number of carboxylic acids is 2. The first-order chi connectivity index (χ1) is 18.1. The lowest BCUT2D eigenvalue weighted by atomic mass is 10.0. The van der Waals surface area contributed by atoms with Crippen LogP contribution in [0.5, 0.6) is 0 Å². The smallest absolute Gasteiger partial charge is 0.352 e. The van der Waals surface area contributed by atoms with Crippen LogP contribution in [0.3, 0.4) is 0 Å². The summed E-state index contributed by atoms with van der Waals surface area (Å²) < 4.78 is 1.47. The molecule has 1 aromatic carbocycles. The molecule has 0 radical (unpaired) electrons. The molecule has 0 bridgehead atoms. The summed E-state index contributed by atoms with van der Waals surface area (Å²) in [7, 11) is 1.67. The summed E-state index contributed by atoms with van der Waals surface area (Å²) in [5, 5.41) is 34.9. The van der Waals surface area contributed by atoms with Crippen LogP contribution < -0.4 is 10.6 Å². The lowest BCUT2D eigenvalue weighted by molar-refractivity contribution is -0.150. The van der Waals surface area contributed by atoms with Crippen molar-refractivity contribution < 1.29 is 34.2 Å². The second kappa shape index (κ2) is 11.6. The van der Waals surface area contributed by atoms with Gasteiger partial charge in [-0.25, -0.2) is 9.48 Å². The second-order valence-electron chi connectivity index (χ2n) is 8.40. The summed E-state index contributed by atoms with van der Waals surface area (Å²) in [5.41, 5.74) is 1.59. The number of nitrogens with one attached hydrogen (secondary N) is 2. The van der Waals surface area contributed by atoms with Gasteiger partial charge in [-0.05, 0) is 33.7 Å². The number of aromatic nitrogens is 4. The maximum atomic E-state index is 12.9. The number of aliphatic carboxylic acids is 2. The van der Waals surface area contributed by atoms with Gasteiger partial charge >= 0.3 is 11.9 Å². The molecule has 38 heavy (non-hydrogen) atoms. The Morgan fingerprint density at radius 2 is 1.87 bits per heavy atom. The molecular formula is C22H23N7O7S2. The Morgan fingerprint density at radius 1 is 1.13 bits per heavy atom. The minimum atomic E-state index is -1.21. The lowest BCUT2D eigenvalue weighted by Gasteiger charge is -2.49. The van der Waals surface area contributed by atoms with Crippen molar-refractivity contribution in [3.05, 3.63) is 41.1 Å². The van der Waals surface area contributed by atoms with Crippen molar-refractivity contribution in [1.82, 2.24) is 30.4 Å². The zero-order valence-corrected chi connectivity index (χ0v) is 21.6. The number of rotatable bonds is 11. The third-order valence-electron chi connectivity index (χ3n) is 5.69. The van der Waals surface area contributed by atoms with E-state index >= 15 is 0 Å². The van der Waals surface area contributed by atoms with Crippen LogP contribution in [0.25, 0.3) is 0 Å². The maximum Gasteiger partial charge on any atom is 0.352 e. The number of hydrogen-bond donors (Lipinski definition) is 4. The number of amides is 3. The zero-order chi connectivity index (χ0) is 27.4. The first kappa shape index (κ1) is 27.1. The first-order valence-electron chi connectivity index (χ1n) is 11.3. The molecule has 4 N–H and O–H groups in total. The topological polar surface area (TPSA) is 197 Å². The monoisotopic (exact) mass is 561 g/mol. The van der Waals surface area contributed by atoms with Gasteiger partial charge in [0, 0.05) is 30.7 Å². The fraction of sp³-hybridized carbons (Fsp3) is 0.364. The number of tetrazole rings is 1. The normalized spacial score (nSPS) is 18.4. The highest BCUT2D eigenvalue weighted by Gasteiger charge is 2.54. The number of carbonyl (C=O) groups is 5. The molecule has 200 valence electrons. The van der Waals surface area contributed by atoms with E-state index in [2.05, 4.69) is 26.2 Å². The first-order valence-corrected chi connectivity index (χ1v) is 13.3. The van der Waals surface area contributed by atoms with Crippen molar-refractivity contribution in [2.45, 2.75) is 35.8 Å². The van der Waals surface area contributed by atoms with E-state index in [-0.39, 0.29) is 25.0 Å². The zero-order valence-electron chi connectivity index (χ0n) is 20.0. The molecule has 0 aliphatic carbocycles. The summed E-state index contributed by atoms with van der Waals surface area (Å²) in [5.74, 6) is -2.93. The van der Waals surface area contributed by atoms with E-state index in [0.717, 1.165) is 0 Å².